The van der Waals surface area contributed by atoms with E-state index in [-0.39, 0.29) is 31.4 Å². The maximum atomic E-state index is 12.5. The van der Waals surface area contributed by atoms with Gasteiger partial charge in [-0.15, -0.1) is 0 Å². The standard InChI is InChI=1S/C24H26N2O6/c27-21(23(29)30)12-25-22(28)11-20(14-9-10-14)26-24(31)32-13-19-17-7-3-1-5-15(17)16-6-2-4-8-18(16)19/h1-8,14,19-21,27H,9-13H2,(H,25,28)(H,26,31)(H,29,30)/t20?,21-/m0/s1. The summed E-state index contributed by atoms with van der Waals surface area (Å²) in [4.78, 5) is 35.3. The number of fused-ring (bicyclic) bond motifs is 3. The van der Waals surface area contributed by atoms with Crippen molar-refractivity contribution in [3.05, 3.63) is 59.7 Å². The van der Waals surface area contributed by atoms with Crippen LogP contribution in [0.5, 0.6) is 0 Å². The van der Waals surface area contributed by atoms with E-state index in [0.717, 1.165) is 35.1 Å². The molecule has 168 valence electrons. The Kier molecular flexibility index (Phi) is 6.41. The Morgan fingerprint density at radius 2 is 1.59 bits per heavy atom. The molecule has 0 saturated heterocycles. The van der Waals surface area contributed by atoms with E-state index in [2.05, 4.69) is 22.8 Å². The minimum absolute atomic E-state index is 0.00119. The molecular weight excluding hydrogens is 412 g/mol. The second-order valence-electron chi connectivity index (χ2n) is 8.28. The van der Waals surface area contributed by atoms with E-state index in [1.165, 1.54) is 0 Å². The van der Waals surface area contributed by atoms with E-state index in [9.17, 15) is 19.5 Å². The number of aliphatic hydroxyl groups is 1. The van der Waals surface area contributed by atoms with Gasteiger partial charge < -0.3 is 25.6 Å². The van der Waals surface area contributed by atoms with Gasteiger partial charge in [-0.3, -0.25) is 4.79 Å². The fourth-order valence-corrected chi connectivity index (χ4v) is 4.20. The maximum Gasteiger partial charge on any atom is 0.407 e. The van der Waals surface area contributed by atoms with Crippen LogP contribution in [0.1, 0.15) is 36.3 Å². The van der Waals surface area contributed by atoms with Crippen LogP contribution in [0.2, 0.25) is 0 Å². The van der Waals surface area contributed by atoms with Gasteiger partial charge in [0, 0.05) is 18.4 Å². The van der Waals surface area contributed by atoms with E-state index in [1.54, 1.807) is 0 Å². The molecule has 2 aromatic rings. The number of amides is 2. The minimum Gasteiger partial charge on any atom is -0.479 e. The van der Waals surface area contributed by atoms with Crippen LogP contribution < -0.4 is 10.6 Å². The second kappa shape index (κ2) is 9.40. The lowest BCUT2D eigenvalue weighted by Gasteiger charge is -2.20. The molecule has 0 aromatic heterocycles. The summed E-state index contributed by atoms with van der Waals surface area (Å²) in [5.74, 6) is -1.69. The molecule has 2 aliphatic carbocycles. The van der Waals surface area contributed by atoms with Gasteiger partial charge >= 0.3 is 12.1 Å². The number of nitrogens with one attached hydrogen (secondary N) is 2. The SMILES string of the molecule is O=C(CC(NC(=O)OCC1c2ccccc2-c2ccccc21)C1CC1)NC[C@H](O)C(=O)O. The van der Waals surface area contributed by atoms with Gasteiger partial charge in [0.25, 0.3) is 0 Å². The van der Waals surface area contributed by atoms with Crippen molar-refractivity contribution < 1.29 is 29.3 Å². The fourth-order valence-electron chi connectivity index (χ4n) is 4.20. The van der Waals surface area contributed by atoms with Crippen LogP contribution >= 0.6 is 0 Å². The molecule has 1 fully saturated rings. The van der Waals surface area contributed by atoms with E-state index in [1.807, 2.05) is 36.4 Å². The summed E-state index contributed by atoms with van der Waals surface area (Å²) in [6.07, 6.45) is -0.435. The quantitative estimate of drug-likeness (QED) is 0.476. The lowest BCUT2D eigenvalue weighted by molar-refractivity contribution is -0.146. The predicted octanol–water partition coefficient (Wildman–Crippen LogP) is 2.26. The van der Waals surface area contributed by atoms with Crippen LogP contribution in [0.3, 0.4) is 0 Å². The van der Waals surface area contributed by atoms with Gasteiger partial charge in [-0.05, 0) is 41.0 Å². The number of aliphatic carboxylic acids is 1. The first-order valence-corrected chi connectivity index (χ1v) is 10.7. The molecule has 8 heteroatoms. The highest BCUT2D eigenvalue weighted by molar-refractivity contribution is 5.80. The number of carboxylic acids is 1. The molecule has 0 heterocycles. The zero-order chi connectivity index (χ0) is 22.7. The minimum atomic E-state index is -1.66. The van der Waals surface area contributed by atoms with Gasteiger partial charge in [0.15, 0.2) is 6.10 Å². The van der Waals surface area contributed by atoms with Crippen LogP contribution in [-0.4, -0.2) is 53.5 Å². The van der Waals surface area contributed by atoms with E-state index >= 15 is 0 Å². The summed E-state index contributed by atoms with van der Waals surface area (Å²) in [5, 5.41) is 23.2. The summed E-state index contributed by atoms with van der Waals surface area (Å²) in [7, 11) is 0. The highest BCUT2D eigenvalue weighted by atomic mass is 16.5. The summed E-state index contributed by atoms with van der Waals surface area (Å²) in [6.45, 7) is -0.190. The summed E-state index contributed by atoms with van der Waals surface area (Å²) in [5.41, 5.74) is 4.54. The molecule has 2 atom stereocenters. The Labute approximate surface area is 185 Å². The van der Waals surface area contributed by atoms with Gasteiger partial charge in [0.2, 0.25) is 5.91 Å². The molecule has 0 radical (unpaired) electrons. The molecule has 1 unspecified atom stereocenters. The third-order valence-corrected chi connectivity index (χ3v) is 6.02. The van der Waals surface area contributed by atoms with Crippen molar-refractivity contribution in [2.24, 2.45) is 5.92 Å². The molecule has 1 saturated carbocycles. The number of carboxylic acid groups (broad SMARTS) is 1. The fraction of sp³-hybridized carbons (Fsp3) is 0.375. The Bertz CT molecular complexity index is 974. The number of hydrogen-bond donors (Lipinski definition) is 4. The monoisotopic (exact) mass is 438 g/mol. The predicted molar refractivity (Wildman–Crippen MR) is 116 cm³/mol. The second-order valence-corrected chi connectivity index (χ2v) is 8.28. The highest BCUT2D eigenvalue weighted by Crippen LogP contribution is 2.44. The molecule has 0 spiro atoms. The van der Waals surface area contributed by atoms with Crippen molar-refractivity contribution >= 4 is 18.0 Å². The molecule has 0 bridgehead atoms. The maximum absolute atomic E-state index is 12.5. The number of benzene rings is 2. The Balaban J connectivity index is 1.33. The van der Waals surface area contributed by atoms with Crippen LogP contribution in [0.25, 0.3) is 11.1 Å². The number of aliphatic hydroxyl groups excluding tert-OH is 1. The molecule has 2 aliphatic rings. The van der Waals surface area contributed by atoms with Crippen LogP contribution in [0.15, 0.2) is 48.5 Å². The van der Waals surface area contributed by atoms with E-state index in [0.29, 0.717) is 0 Å². The van der Waals surface area contributed by atoms with E-state index < -0.39 is 30.1 Å². The van der Waals surface area contributed by atoms with Crippen molar-refractivity contribution in [2.45, 2.75) is 37.3 Å². The number of rotatable bonds is 9. The first-order valence-electron chi connectivity index (χ1n) is 10.7. The number of carbonyl (C=O) groups is 3. The number of hydrogen-bond acceptors (Lipinski definition) is 5. The Hall–Kier alpha value is -3.39. The smallest absolute Gasteiger partial charge is 0.407 e. The highest BCUT2D eigenvalue weighted by Gasteiger charge is 2.35. The van der Waals surface area contributed by atoms with Gasteiger partial charge in [-0.25, -0.2) is 9.59 Å². The molecule has 4 rings (SSSR count). The van der Waals surface area contributed by atoms with Crippen LogP contribution in [0.4, 0.5) is 4.79 Å². The van der Waals surface area contributed by atoms with Gasteiger partial charge in [-0.1, -0.05) is 48.5 Å². The van der Waals surface area contributed by atoms with Crippen molar-refractivity contribution in [3.8, 4) is 11.1 Å². The topological polar surface area (TPSA) is 125 Å². The van der Waals surface area contributed by atoms with Crippen molar-refractivity contribution in [2.75, 3.05) is 13.2 Å². The third-order valence-electron chi connectivity index (χ3n) is 6.02. The van der Waals surface area contributed by atoms with Gasteiger partial charge in [0.1, 0.15) is 6.61 Å². The lowest BCUT2D eigenvalue weighted by Crippen LogP contribution is -2.43. The molecule has 8 nitrogen and oxygen atoms in total. The normalized spacial score (nSPS) is 16.4. The molecule has 2 amide bonds. The van der Waals surface area contributed by atoms with Crippen molar-refractivity contribution in [3.63, 3.8) is 0 Å². The average Bonchev–Trinajstić information content (AvgIpc) is 3.58. The Morgan fingerprint density at radius 1 is 1.00 bits per heavy atom. The summed E-state index contributed by atoms with van der Waals surface area (Å²) in [6, 6.07) is 15.8. The van der Waals surface area contributed by atoms with Crippen molar-refractivity contribution in [1.29, 1.82) is 0 Å². The van der Waals surface area contributed by atoms with Crippen molar-refractivity contribution in [1.82, 2.24) is 10.6 Å². The zero-order valence-corrected chi connectivity index (χ0v) is 17.5. The largest absolute Gasteiger partial charge is 0.479 e. The third kappa shape index (κ3) is 4.91. The first kappa shape index (κ1) is 21.8. The Morgan fingerprint density at radius 3 is 2.16 bits per heavy atom. The summed E-state index contributed by atoms with van der Waals surface area (Å²) < 4.78 is 5.56. The first-order chi connectivity index (χ1) is 15.4. The van der Waals surface area contributed by atoms with Gasteiger partial charge in [0.05, 0.1) is 6.54 Å². The molecule has 2 aromatic carbocycles. The molecule has 32 heavy (non-hydrogen) atoms. The lowest BCUT2D eigenvalue weighted by atomic mass is 9.98. The number of alkyl carbamates (subject to hydrolysis) is 1. The molecule has 4 N–H and O–H groups in total. The van der Waals surface area contributed by atoms with E-state index in [4.69, 9.17) is 9.84 Å². The number of ether oxygens (including phenoxy) is 1. The molecule has 0 aliphatic heterocycles. The zero-order valence-electron chi connectivity index (χ0n) is 17.5. The van der Waals surface area contributed by atoms with Crippen LogP contribution in [-0.2, 0) is 14.3 Å². The summed E-state index contributed by atoms with van der Waals surface area (Å²) >= 11 is 0. The molecular formula is C24H26N2O6. The average molecular weight is 438 g/mol. The number of carbonyl (C=O) groups excluding carboxylic acids is 2. The van der Waals surface area contributed by atoms with Crippen LogP contribution in [0, 0.1) is 5.92 Å². The van der Waals surface area contributed by atoms with Gasteiger partial charge in [-0.2, -0.15) is 0 Å².